The van der Waals surface area contributed by atoms with E-state index in [0.29, 0.717) is 13.1 Å². The van der Waals surface area contributed by atoms with Crippen molar-refractivity contribution in [3.63, 3.8) is 0 Å². The maximum absolute atomic E-state index is 12.9. The molecular formula is C19H22FN3O. The average molecular weight is 327 g/mol. The van der Waals surface area contributed by atoms with Crippen LogP contribution in [0.4, 0.5) is 4.39 Å². The lowest BCUT2D eigenvalue weighted by Gasteiger charge is -2.29. The first-order valence-corrected chi connectivity index (χ1v) is 8.13. The van der Waals surface area contributed by atoms with E-state index in [0.717, 1.165) is 17.5 Å². The van der Waals surface area contributed by atoms with Crippen LogP contribution in [0.25, 0.3) is 6.08 Å². The van der Waals surface area contributed by atoms with Crippen molar-refractivity contribution in [2.24, 2.45) is 0 Å². The molecule has 0 N–H and O–H groups in total. The van der Waals surface area contributed by atoms with Gasteiger partial charge in [-0.3, -0.25) is 9.48 Å². The van der Waals surface area contributed by atoms with Crippen LogP contribution in [0.1, 0.15) is 37.6 Å². The van der Waals surface area contributed by atoms with Gasteiger partial charge in [-0.25, -0.2) is 4.39 Å². The largest absolute Gasteiger partial charge is 0.334 e. The Hall–Kier alpha value is -2.43. The average Bonchev–Trinajstić information content (AvgIpc) is 2.97. The third kappa shape index (κ3) is 3.40. The number of hydrogen-bond acceptors (Lipinski definition) is 2. The SMILES string of the molecule is CC(C)(C)n1ncc2c1CCN(C(=O)/C=C/c1ccc(F)cc1)C2. The molecule has 0 atom stereocenters. The molecule has 2 aromatic rings. The van der Waals surface area contributed by atoms with Crippen LogP contribution in [0.2, 0.25) is 0 Å². The predicted octanol–water partition coefficient (Wildman–Crippen LogP) is 3.38. The second kappa shape index (κ2) is 6.23. The topological polar surface area (TPSA) is 38.1 Å². The summed E-state index contributed by atoms with van der Waals surface area (Å²) < 4.78 is 14.9. The maximum atomic E-state index is 12.9. The molecule has 3 rings (SSSR count). The van der Waals surface area contributed by atoms with E-state index < -0.39 is 0 Å². The minimum Gasteiger partial charge on any atom is -0.334 e. The molecule has 5 heteroatoms. The van der Waals surface area contributed by atoms with Gasteiger partial charge in [-0.1, -0.05) is 12.1 Å². The third-order valence-corrected chi connectivity index (χ3v) is 4.17. The molecular weight excluding hydrogens is 305 g/mol. The van der Waals surface area contributed by atoms with Crippen molar-refractivity contribution in [2.75, 3.05) is 6.54 Å². The summed E-state index contributed by atoms with van der Waals surface area (Å²) in [6.45, 7) is 7.65. The van der Waals surface area contributed by atoms with Crippen molar-refractivity contribution in [1.29, 1.82) is 0 Å². The molecule has 1 aromatic carbocycles. The third-order valence-electron chi connectivity index (χ3n) is 4.17. The van der Waals surface area contributed by atoms with Gasteiger partial charge in [0.2, 0.25) is 5.91 Å². The van der Waals surface area contributed by atoms with E-state index in [2.05, 4.69) is 30.6 Å². The molecule has 1 aromatic heterocycles. The van der Waals surface area contributed by atoms with E-state index in [9.17, 15) is 9.18 Å². The van der Waals surface area contributed by atoms with Crippen LogP contribution in [0, 0.1) is 5.82 Å². The molecule has 1 aliphatic rings. The van der Waals surface area contributed by atoms with Crippen molar-refractivity contribution >= 4 is 12.0 Å². The highest BCUT2D eigenvalue weighted by Crippen LogP contribution is 2.24. The van der Waals surface area contributed by atoms with E-state index in [1.807, 2.05) is 11.1 Å². The van der Waals surface area contributed by atoms with Gasteiger partial charge < -0.3 is 4.90 Å². The molecule has 24 heavy (non-hydrogen) atoms. The summed E-state index contributed by atoms with van der Waals surface area (Å²) in [4.78, 5) is 14.2. The second-order valence-corrected chi connectivity index (χ2v) is 7.09. The van der Waals surface area contributed by atoms with E-state index in [-0.39, 0.29) is 17.3 Å². The molecule has 0 unspecified atom stereocenters. The Balaban J connectivity index is 1.70. The van der Waals surface area contributed by atoms with Crippen molar-refractivity contribution in [3.05, 3.63) is 59.2 Å². The Morgan fingerprint density at radius 3 is 2.62 bits per heavy atom. The van der Waals surface area contributed by atoms with Gasteiger partial charge in [-0.05, 0) is 44.5 Å². The smallest absolute Gasteiger partial charge is 0.246 e. The summed E-state index contributed by atoms with van der Waals surface area (Å²) in [6, 6.07) is 6.08. The molecule has 0 radical (unpaired) electrons. The number of hydrogen-bond donors (Lipinski definition) is 0. The second-order valence-electron chi connectivity index (χ2n) is 7.09. The molecule has 0 spiro atoms. The van der Waals surface area contributed by atoms with Gasteiger partial charge >= 0.3 is 0 Å². The zero-order valence-corrected chi connectivity index (χ0v) is 14.3. The Kier molecular flexibility index (Phi) is 4.26. The van der Waals surface area contributed by atoms with Gasteiger partial charge in [0, 0.05) is 36.8 Å². The van der Waals surface area contributed by atoms with Crippen LogP contribution >= 0.6 is 0 Å². The minimum atomic E-state index is -0.280. The minimum absolute atomic E-state index is 0.0338. The van der Waals surface area contributed by atoms with Crippen LogP contribution in [-0.4, -0.2) is 27.1 Å². The van der Waals surface area contributed by atoms with E-state index in [4.69, 9.17) is 0 Å². The molecule has 0 bridgehead atoms. The number of amides is 1. The normalized spacial score (nSPS) is 14.9. The van der Waals surface area contributed by atoms with Gasteiger partial charge in [0.15, 0.2) is 0 Å². The molecule has 126 valence electrons. The number of halogens is 1. The molecule has 0 saturated carbocycles. The fourth-order valence-corrected chi connectivity index (χ4v) is 2.94. The molecule has 0 aliphatic carbocycles. The fraction of sp³-hybridized carbons (Fsp3) is 0.368. The van der Waals surface area contributed by atoms with E-state index in [1.165, 1.54) is 17.8 Å². The summed E-state index contributed by atoms with van der Waals surface area (Å²) in [5.74, 6) is -0.314. The summed E-state index contributed by atoms with van der Waals surface area (Å²) >= 11 is 0. The molecule has 0 saturated heterocycles. The lowest BCUT2D eigenvalue weighted by atomic mass is 10.0. The van der Waals surface area contributed by atoms with Crippen molar-refractivity contribution in [3.8, 4) is 0 Å². The summed E-state index contributed by atoms with van der Waals surface area (Å²) in [5, 5.41) is 4.49. The molecule has 1 amide bonds. The Morgan fingerprint density at radius 1 is 1.25 bits per heavy atom. The van der Waals surface area contributed by atoms with Crippen molar-refractivity contribution in [2.45, 2.75) is 39.3 Å². The van der Waals surface area contributed by atoms with Gasteiger partial charge in [0.1, 0.15) is 5.82 Å². The van der Waals surface area contributed by atoms with Gasteiger partial charge in [-0.15, -0.1) is 0 Å². The van der Waals surface area contributed by atoms with Crippen LogP contribution < -0.4 is 0 Å². The van der Waals surface area contributed by atoms with Crippen LogP contribution in [0.5, 0.6) is 0 Å². The molecule has 4 nitrogen and oxygen atoms in total. The van der Waals surface area contributed by atoms with Crippen molar-refractivity contribution < 1.29 is 9.18 Å². The standard InChI is InChI=1S/C19H22FN3O/c1-19(2,3)23-17-10-11-22(13-15(17)12-21-23)18(24)9-6-14-4-7-16(20)8-5-14/h4-9,12H,10-11,13H2,1-3H3/b9-6+. The number of fused-ring (bicyclic) bond motifs is 1. The van der Waals surface area contributed by atoms with Gasteiger partial charge in [-0.2, -0.15) is 5.10 Å². The zero-order valence-electron chi connectivity index (χ0n) is 14.3. The predicted molar refractivity (Wildman–Crippen MR) is 91.8 cm³/mol. The number of benzene rings is 1. The van der Waals surface area contributed by atoms with Crippen LogP contribution in [-0.2, 0) is 23.3 Å². The summed E-state index contributed by atoms with van der Waals surface area (Å²) in [7, 11) is 0. The lowest BCUT2D eigenvalue weighted by molar-refractivity contribution is -0.126. The Labute approximate surface area is 141 Å². The van der Waals surface area contributed by atoms with Crippen LogP contribution in [0.3, 0.4) is 0 Å². The van der Waals surface area contributed by atoms with E-state index in [1.54, 1.807) is 24.3 Å². The Morgan fingerprint density at radius 2 is 1.96 bits per heavy atom. The molecule has 1 aliphatic heterocycles. The van der Waals surface area contributed by atoms with Crippen molar-refractivity contribution in [1.82, 2.24) is 14.7 Å². The summed E-state index contributed by atoms with van der Waals surface area (Å²) in [5.41, 5.74) is 3.08. The summed E-state index contributed by atoms with van der Waals surface area (Å²) in [6.07, 6.45) is 5.94. The molecule has 0 fully saturated rings. The highest BCUT2D eigenvalue weighted by molar-refractivity contribution is 5.91. The van der Waals surface area contributed by atoms with E-state index >= 15 is 0 Å². The first kappa shape index (κ1) is 16.4. The number of carbonyl (C=O) groups is 1. The highest BCUT2D eigenvalue weighted by Gasteiger charge is 2.26. The van der Waals surface area contributed by atoms with Crippen LogP contribution in [0.15, 0.2) is 36.5 Å². The number of carbonyl (C=O) groups excluding carboxylic acids is 1. The van der Waals surface area contributed by atoms with Gasteiger partial charge in [0.25, 0.3) is 0 Å². The number of aromatic nitrogens is 2. The molecule has 2 heterocycles. The fourth-order valence-electron chi connectivity index (χ4n) is 2.94. The maximum Gasteiger partial charge on any atom is 0.246 e. The highest BCUT2D eigenvalue weighted by atomic mass is 19.1. The number of rotatable bonds is 2. The van der Waals surface area contributed by atoms with Gasteiger partial charge in [0.05, 0.1) is 11.7 Å². The first-order chi connectivity index (χ1) is 11.3. The monoisotopic (exact) mass is 327 g/mol. The number of nitrogens with zero attached hydrogens (tertiary/aromatic N) is 3. The zero-order chi connectivity index (χ0) is 17.3. The first-order valence-electron chi connectivity index (χ1n) is 8.13. The lowest BCUT2D eigenvalue weighted by Crippen LogP contribution is -2.36. The quantitative estimate of drug-likeness (QED) is 0.793. The Bertz CT molecular complexity index is 769.